The molecule has 0 saturated heterocycles. The van der Waals surface area contributed by atoms with E-state index < -0.39 is 0 Å². The van der Waals surface area contributed by atoms with Crippen molar-refractivity contribution in [2.45, 2.75) is 0 Å². The maximum Gasteiger partial charge on any atom is 0.103 e. The quantitative estimate of drug-likeness (QED) is 0.655. The molecule has 0 atom stereocenters. The highest BCUT2D eigenvalue weighted by atomic mass is 32.1. The Labute approximate surface area is 74.5 Å². The second-order valence-electron chi connectivity index (χ2n) is 2.43. The number of aromatic nitrogens is 3. The monoisotopic (exact) mass is 177 g/mol. The lowest BCUT2D eigenvalue weighted by Gasteiger charge is -1.93. The van der Waals surface area contributed by atoms with Crippen molar-refractivity contribution in [1.82, 2.24) is 15.2 Å². The molecule has 0 spiro atoms. The van der Waals surface area contributed by atoms with Gasteiger partial charge in [0.2, 0.25) is 0 Å². The van der Waals surface area contributed by atoms with Crippen molar-refractivity contribution < 1.29 is 0 Å². The smallest absolute Gasteiger partial charge is 0.103 e. The van der Waals surface area contributed by atoms with Crippen molar-refractivity contribution in [2.75, 3.05) is 0 Å². The average molecular weight is 177 g/mol. The average Bonchev–Trinajstić information content (AvgIpc) is 2.58. The molecule has 0 radical (unpaired) electrons. The molecule has 12 heavy (non-hydrogen) atoms. The van der Waals surface area contributed by atoms with Gasteiger partial charge in [0.05, 0.1) is 6.20 Å². The van der Waals surface area contributed by atoms with Crippen LogP contribution in [0, 0.1) is 4.64 Å². The molecule has 3 nitrogen and oxygen atoms in total. The maximum atomic E-state index is 4.92. The van der Waals surface area contributed by atoms with Gasteiger partial charge in [0.15, 0.2) is 0 Å². The Morgan fingerprint density at radius 3 is 2.67 bits per heavy atom. The largest absolute Gasteiger partial charge is 0.352 e. The van der Waals surface area contributed by atoms with E-state index in [1.54, 1.807) is 6.20 Å². The van der Waals surface area contributed by atoms with Crippen LogP contribution in [0.25, 0.3) is 11.1 Å². The highest BCUT2D eigenvalue weighted by Crippen LogP contribution is 2.14. The molecule has 0 aromatic carbocycles. The Morgan fingerprint density at radius 2 is 2.08 bits per heavy atom. The van der Waals surface area contributed by atoms with Gasteiger partial charge in [-0.3, -0.25) is 5.10 Å². The Bertz CT molecular complexity index is 396. The number of nitrogens with one attached hydrogen (secondary N) is 2. The summed E-state index contributed by atoms with van der Waals surface area (Å²) in [6.07, 6.45) is 5.48. The van der Waals surface area contributed by atoms with E-state index in [0.29, 0.717) is 0 Å². The first-order valence-electron chi connectivity index (χ1n) is 3.54. The van der Waals surface area contributed by atoms with Crippen LogP contribution in [0.2, 0.25) is 0 Å². The molecule has 0 aliphatic heterocycles. The van der Waals surface area contributed by atoms with E-state index in [1.165, 1.54) is 0 Å². The predicted octanol–water partition coefficient (Wildman–Crippen LogP) is 2.13. The van der Waals surface area contributed by atoms with E-state index in [-0.39, 0.29) is 0 Å². The summed E-state index contributed by atoms with van der Waals surface area (Å²) >= 11 is 4.92. The van der Waals surface area contributed by atoms with Crippen LogP contribution in [0.3, 0.4) is 0 Å². The summed E-state index contributed by atoms with van der Waals surface area (Å²) in [5.74, 6) is 0. The number of hydrogen-bond acceptors (Lipinski definition) is 2. The number of rotatable bonds is 1. The molecule has 2 rings (SSSR count). The van der Waals surface area contributed by atoms with Crippen LogP contribution < -0.4 is 0 Å². The van der Waals surface area contributed by atoms with Crippen LogP contribution in [0.4, 0.5) is 0 Å². The van der Waals surface area contributed by atoms with Crippen molar-refractivity contribution in [2.24, 2.45) is 0 Å². The van der Waals surface area contributed by atoms with Gasteiger partial charge in [0.1, 0.15) is 4.64 Å². The first-order chi connectivity index (χ1) is 5.86. The SMILES string of the molecule is S=c1ccc(-c2cn[nH]c2)c[nH]1. The highest BCUT2D eigenvalue weighted by Gasteiger charge is 1.95. The molecule has 0 bridgehead atoms. The van der Waals surface area contributed by atoms with Gasteiger partial charge in [-0.2, -0.15) is 5.10 Å². The molecule has 0 fully saturated rings. The van der Waals surface area contributed by atoms with E-state index >= 15 is 0 Å². The van der Waals surface area contributed by atoms with E-state index in [9.17, 15) is 0 Å². The molecule has 4 heteroatoms. The summed E-state index contributed by atoms with van der Waals surface area (Å²) < 4.78 is 0.738. The minimum atomic E-state index is 0.738. The van der Waals surface area contributed by atoms with Crippen molar-refractivity contribution in [1.29, 1.82) is 0 Å². The topological polar surface area (TPSA) is 44.5 Å². The van der Waals surface area contributed by atoms with E-state index in [1.807, 2.05) is 24.5 Å². The Hall–Kier alpha value is -1.42. The molecule has 0 aliphatic carbocycles. The first-order valence-corrected chi connectivity index (χ1v) is 3.95. The lowest BCUT2D eigenvalue weighted by molar-refractivity contribution is 1.09. The minimum Gasteiger partial charge on any atom is -0.352 e. The second-order valence-corrected chi connectivity index (χ2v) is 2.87. The Balaban J connectivity index is 2.49. The fourth-order valence-electron chi connectivity index (χ4n) is 0.999. The standard InChI is InChI=1S/C8H7N3S/c12-8-2-1-6(3-9-8)7-4-10-11-5-7/h1-5H,(H,9,12)(H,10,11). The molecule has 2 N–H and O–H groups in total. The molecule has 2 aromatic rings. The van der Waals surface area contributed by atoms with Gasteiger partial charge in [-0.1, -0.05) is 12.2 Å². The summed E-state index contributed by atoms with van der Waals surface area (Å²) in [6, 6.07) is 3.82. The van der Waals surface area contributed by atoms with Crippen LogP contribution >= 0.6 is 12.2 Å². The van der Waals surface area contributed by atoms with E-state index in [0.717, 1.165) is 15.8 Å². The number of H-pyrrole nitrogens is 2. The number of pyridine rings is 1. The Kier molecular flexibility index (Phi) is 1.75. The van der Waals surface area contributed by atoms with Gasteiger partial charge in [0, 0.05) is 23.5 Å². The predicted molar refractivity (Wildman–Crippen MR) is 49.2 cm³/mol. The third-order valence-corrected chi connectivity index (χ3v) is 1.87. The van der Waals surface area contributed by atoms with Gasteiger partial charge in [-0.05, 0) is 12.1 Å². The molecule has 0 saturated carbocycles. The summed E-state index contributed by atoms with van der Waals surface area (Å²) in [5.41, 5.74) is 2.14. The highest BCUT2D eigenvalue weighted by molar-refractivity contribution is 7.71. The fraction of sp³-hybridized carbons (Fsp3) is 0. The van der Waals surface area contributed by atoms with Crippen LogP contribution in [0.5, 0.6) is 0 Å². The van der Waals surface area contributed by atoms with Crippen LogP contribution in [-0.2, 0) is 0 Å². The summed E-state index contributed by atoms with van der Waals surface area (Å²) in [6.45, 7) is 0. The fourth-order valence-corrected chi connectivity index (χ4v) is 1.13. The van der Waals surface area contributed by atoms with Crippen molar-refractivity contribution in [3.8, 4) is 11.1 Å². The molecule has 2 heterocycles. The molecular weight excluding hydrogens is 170 g/mol. The second kappa shape index (κ2) is 2.91. The number of aromatic amines is 2. The Morgan fingerprint density at radius 1 is 1.17 bits per heavy atom. The zero-order chi connectivity index (χ0) is 8.39. The van der Waals surface area contributed by atoms with Crippen molar-refractivity contribution >= 4 is 12.2 Å². The first kappa shape index (κ1) is 7.24. The lowest BCUT2D eigenvalue weighted by atomic mass is 10.2. The van der Waals surface area contributed by atoms with Gasteiger partial charge in [-0.15, -0.1) is 0 Å². The van der Waals surface area contributed by atoms with Gasteiger partial charge < -0.3 is 4.98 Å². The van der Waals surface area contributed by atoms with Crippen LogP contribution in [-0.4, -0.2) is 15.2 Å². The lowest BCUT2D eigenvalue weighted by Crippen LogP contribution is -1.76. The minimum absolute atomic E-state index is 0.738. The zero-order valence-electron chi connectivity index (χ0n) is 6.24. The van der Waals surface area contributed by atoms with Crippen molar-refractivity contribution in [3.63, 3.8) is 0 Å². The van der Waals surface area contributed by atoms with E-state index in [4.69, 9.17) is 12.2 Å². The number of nitrogens with zero attached hydrogens (tertiary/aromatic N) is 1. The molecular formula is C8H7N3S. The normalized spacial score (nSPS) is 10.0. The third-order valence-electron chi connectivity index (χ3n) is 1.62. The van der Waals surface area contributed by atoms with Gasteiger partial charge in [-0.25, -0.2) is 0 Å². The molecule has 0 unspecified atom stereocenters. The third kappa shape index (κ3) is 1.29. The number of hydrogen-bond donors (Lipinski definition) is 2. The van der Waals surface area contributed by atoms with E-state index in [2.05, 4.69) is 15.2 Å². The molecule has 2 aromatic heterocycles. The van der Waals surface area contributed by atoms with Crippen LogP contribution in [0.1, 0.15) is 0 Å². The van der Waals surface area contributed by atoms with Gasteiger partial charge in [0.25, 0.3) is 0 Å². The summed E-state index contributed by atoms with van der Waals surface area (Å²) in [7, 11) is 0. The van der Waals surface area contributed by atoms with Gasteiger partial charge >= 0.3 is 0 Å². The molecule has 0 amide bonds. The zero-order valence-corrected chi connectivity index (χ0v) is 7.06. The maximum absolute atomic E-state index is 4.92. The molecule has 0 aliphatic rings. The summed E-state index contributed by atoms with van der Waals surface area (Å²) in [5, 5.41) is 6.61. The summed E-state index contributed by atoms with van der Waals surface area (Å²) in [4.78, 5) is 2.96. The van der Waals surface area contributed by atoms with Crippen molar-refractivity contribution in [3.05, 3.63) is 35.4 Å². The molecule has 60 valence electrons. The van der Waals surface area contributed by atoms with Crippen LogP contribution in [0.15, 0.2) is 30.7 Å².